The zero-order chi connectivity index (χ0) is 22.1. The van der Waals surface area contributed by atoms with Gasteiger partial charge in [0, 0.05) is 55.2 Å². The van der Waals surface area contributed by atoms with Crippen LogP contribution in [0.25, 0.3) is 11.1 Å². The van der Waals surface area contributed by atoms with Crippen LogP contribution in [-0.2, 0) is 13.0 Å². The largest absolute Gasteiger partial charge is 0.497 e. The summed E-state index contributed by atoms with van der Waals surface area (Å²) in [6.07, 6.45) is 3.33. The van der Waals surface area contributed by atoms with Crippen LogP contribution in [0.5, 0.6) is 5.75 Å². The number of nitrogens with zero attached hydrogens (tertiary/aromatic N) is 4. The van der Waals surface area contributed by atoms with E-state index < -0.39 is 17.2 Å². The molecule has 9 heteroatoms. The van der Waals surface area contributed by atoms with Gasteiger partial charge in [0.2, 0.25) is 0 Å². The van der Waals surface area contributed by atoms with Crippen molar-refractivity contribution in [2.45, 2.75) is 13.0 Å². The van der Waals surface area contributed by atoms with Crippen LogP contribution in [-0.4, -0.2) is 34.4 Å². The highest BCUT2D eigenvalue weighted by molar-refractivity contribution is 5.94. The van der Waals surface area contributed by atoms with E-state index in [1.165, 1.54) is 18.2 Å². The summed E-state index contributed by atoms with van der Waals surface area (Å²) in [6.45, 7) is 0.358. The fraction of sp³-hybridized carbons (Fsp3) is 0.182. The van der Waals surface area contributed by atoms with E-state index in [0.29, 0.717) is 29.8 Å². The number of benzene rings is 1. The lowest BCUT2D eigenvalue weighted by Crippen LogP contribution is -2.37. The Morgan fingerprint density at radius 1 is 1.29 bits per heavy atom. The third-order valence-corrected chi connectivity index (χ3v) is 5.19. The highest BCUT2D eigenvalue weighted by Crippen LogP contribution is 2.39. The van der Waals surface area contributed by atoms with E-state index in [-0.39, 0.29) is 35.1 Å². The Morgan fingerprint density at radius 2 is 2.03 bits per heavy atom. The number of fused-ring (bicyclic) bond motifs is 1. The molecule has 2 N–H and O–H groups in total. The molecule has 0 bridgehead atoms. The van der Waals surface area contributed by atoms with Gasteiger partial charge >= 0.3 is 0 Å². The maximum Gasteiger partial charge on any atom is 0.255 e. The number of rotatable bonds is 3. The molecule has 7 nitrogen and oxygen atoms in total. The van der Waals surface area contributed by atoms with Crippen LogP contribution in [0.3, 0.4) is 0 Å². The van der Waals surface area contributed by atoms with Crippen molar-refractivity contribution in [3.8, 4) is 22.9 Å². The normalized spacial score (nSPS) is 12.8. The van der Waals surface area contributed by atoms with Crippen molar-refractivity contribution in [2.75, 3.05) is 19.4 Å². The Morgan fingerprint density at radius 3 is 2.65 bits per heavy atom. The summed E-state index contributed by atoms with van der Waals surface area (Å²) in [5, 5.41) is 9.67. The van der Waals surface area contributed by atoms with Crippen molar-refractivity contribution in [1.82, 2.24) is 14.9 Å². The molecule has 0 radical (unpaired) electrons. The summed E-state index contributed by atoms with van der Waals surface area (Å²) in [4.78, 5) is 22.7. The summed E-state index contributed by atoms with van der Waals surface area (Å²) in [7, 11) is 1.29. The lowest BCUT2D eigenvalue weighted by atomic mass is 9.90. The van der Waals surface area contributed by atoms with E-state index in [1.807, 2.05) is 6.07 Å². The average molecular weight is 421 g/mol. The van der Waals surface area contributed by atoms with Crippen LogP contribution in [0.2, 0.25) is 0 Å². The second-order valence-electron chi connectivity index (χ2n) is 6.97. The molecule has 1 aliphatic rings. The van der Waals surface area contributed by atoms with E-state index in [0.717, 1.165) is 12.1 Å². The average Bonchev–Trinajstić information content (AvgIpc) is 2.78. The summed E-state index contributed by atoms with van der Waals surface area (Å²) in [5.74, 6) is -2.20. The molecule has 0 fully saturated rings. The SMILES string of the molecule is COc1cc(F)c(-c2c(C#N)c(N)nc3c2CN(C(=O)c2cccnc2)CC3)c(F)c1. The first-order valence-corrected chi connectivity index (χ1v) is 9.38. The van der Waals surface area contributed by atoms with Gasteiger partial charge in [0.15, 0.2) is 0 Å². The molecule has 1 aliphatic heterocycles. The Bertz CT molecular complexity index is 1200. The van der Waals surface area contributed by atoms with Gasteiger partial charge in [0.05, 0.1) is 23.9 Å². The second kappa shape index (κ2) is 7.99. The van der Waals surface area contributed by atoms with Gasteiger partial charge in [0.1, 0.15) is 34.8 Å². The molecule has 4 rings (SSSR count). The van der Waals surface area contributed by atoms with Crippen LogP contribution >= 0.6 is 0 Å². The Balaban J connectivity index is 1.88. The highest BCUT2D eigenvalue weighted by atomic mass is 19.1. The van der Waals surface area contributed by atoms with Crippen molar-refractivity contribution >= 4 is 11.7 Å². The van der Waals surface area contributed by atoms with Crippen molar-refractivity contribution in [3.05, 3.63) is 70.7 Å². The molecule has 31 heavy (non-hydrogen) atoms. The Hall–Kier alpha value is -4.06. The number of aromatic nitrogens is 2. The van der Waals surface area contributed by atoms with Gasteiger partial charge in [-0.05, 0) is 12.1 Å². The van der Waals surface area contributed by atoms with Crippen molar-refractivity contribution in [1.29, 1.82) is 5.26 Å². The summed E-state index contributed by atoms with van der Waals surface area (Å²) in [5.41, 5.74) is 6.67. The first kappa shape index (κ1) is 20.2. The van der Waals surface area contributed by atoms with Gasteiger partial charge in [-0.1, -0.05) is 0 Å². The molecular weight excluding hydrogens is 404 g/mol. The van der Waals surface area contributed by atoms with E-state index in [4.69, 9.17) is 10.5 Å². The van der Waals surface area contributed by atoms with E-state index in [1.54, 1.807) is 18.3 Å². The van der Waals surface area contributed by atoms with Crippen molar-refractivity contribution in [2.24, 2.45) is 0 Å². The minimum absolute atomic E-state index is 0.00142. The number of anilines is 1. The molecule has 0 spiro atoms. The van der Waals surface area contributed by atoms with E-state index in [2.05, 4.69) is 9.97 Å². The van der Waals surface area contributed by atoms with E-state index >= 15 is 0 Å². The van der Waals surface area contributed by atoms with Crippen LogP contribution in [0.15, 0.2) is 36.7 Å². The summed E-state index contributed by atoms with van der Waals surface area (Å²) >= 11 is 0. The third-order valence-electron chi connectivity index (χ3n) is 5.19. The Labute approximate surface area is 176 Å². The monoisotopic (exact) mass is 421 g/mol. The number of amides is 1. The summed E-state index contributed by atoms with van der Waals surface area (Å²) in [6, 6.07) is 7.25. The fourth-order valence-electron chi connectivity index (χ4n) is 3.72. The molecule has 156 valence electrons. The first-order valence-electron chi connectivity index (χ1n) is 9.38. The quantitative estimate of drug-likeness (QED) is 0.697. The molecule has 0 saturated heterocycles. The number of nitrogens with two attached hydrogens (primary N) is 1. The predicted molar refractivity (Wildman–Crippen MR) is 108 cm³/mol. The van der Waals surface area contributed by atoms with Crippen molar-refractivity contribution < 1.29 is 18.3 Å². The van der Waals surface area contributed by atoms with Gasteiger partial charge in [-0.25, -0.2) is 13.8 Å². The maximum atomic E-state index is 14.9. The number of carbonyl (C=O) groups is 1. The van der Waals surface area contributed by atoms with Gasteiger partial charge in [-0.15, -0.1) is 0 Å². The van der Waals surface area contributed by atoms with Crippen LogP contribution in [0.4, 0.5) is 14.6 Å². The van der Waals surface area contributed by atoms with Crippen LogP contribution in [0, 0.1) is 23.0 Å². The molecule has 0 unspecified atom stereocenters. The molecule has 1 amide bonds. The van der Waals surface area contributed by atoms with Gasteiger partial charge in [-0.3, -0.25) is 9.78 Å². The number of hydrogen-bond donors (Lipinski definition) is 1. The predicted octanol–water partition coefficient (Wildman–Crippen LogP) is 3.08. The molecule has 3 heterocycles. The van der Waals surface area contributed by atoms with Crippen LogP contribution < -0.4 is 10.5 Å². The molecule has 0 atom stereocenters. The number of hydrogen-bond acceptors (Lipinski definition) is 6. The second-order valence-corrected chi connectivity index (χ2v) is 6.97. The maximum absolute atomic E-state index is 14.9. The minimum atomic E-state index is -0.906. The van der Waals surface area contributed by atoms with Gasteiger partial charge in [0.25, 0.3) is 5.91 Å². The molecule has 0 aliphatic carbocycles. The lowest BCUT2D eigenvalue weighted by molar-refractivity contribution is 0.0733. The number of carbonyl (C=O) groups excluding carboxylic acids is 1. The molecule has 2 aromatic heterocycles. The zero-order valence-corrected chi connectivity index (χ0v) is 16.5. The lowest BCUT2D eigenvalue weighted by Gasteiger charge is -2.30. The van der Waals surface area contributed by atoms with E-state index in [9.17, 15) is 18.8 Å². The minimum Gasteiger partial charge on any atom is -0.497 e. The first-order chi connectivity index (χ1) is 14.9. The van der Waals surface area contributed by atoms with Gasteiger partial charge < -0.3 is 15.4 Å². The standard InChI is InChI=1S/C22H17F2N5O2/c1-31-13-7-16(23)20(17(24)8-13)19-14(9-25)21(26)28-18-4-6-29(11-15(18)19)22(30)12-3-2-5-27-10-12/h2-3,5,7-8,10H,4,6,11H2,1H3,(H2,26,28). The molecule has 3 aromatic rings. The zero-order valence-electron chi connectivity index (χ0n) is 16.5. The van der Waals surface area contributed by atoms with Gasteiger partial charge in [-0.2, -0.15) is 5.26 Å². The number of nitriles is 1. The van der Waals surface area contributed by atoms with Crippen molar-refractivity contribution in [3.63, 3.8) is 0 Å². The smallest absolute Gasteiger partial charge is 0.255 e. The number of nitrogen functional groups attached to an aromatic ring is 1. The summed E-state index contributed by atoms with van der Waals surface area (Å²) < 4.78 is 34.8. The number of ether oxygens (including phenoxy) is 1. The Kier molecular flexibility index (Phi) is 5.21. The molecular formula is C22H17F2N5O2. The van der Waals surface area contributed by atoms with Crippen LogP contribution in [0.1, 0.15) is 27.2 Å². The number of pyridine rings is 2. The number of methoxy groups -OCH3 is 1. The molecule has 0 saturated carbocycles. The molecule has 1 aromatic carbocycles. The third kappa shape index (κ3) is 3.53. The fourth-order valence-corrected chi connectivity index (χ4v) is 3.72. The highest BCUT2D eigenvalue weighted by Gasteiger charge is 2.30. The topological polar surface area (TPSA) is 105 Å². The number of halogens is 2.